The Morgan fingerprint density at radius 2 is 1.61 bits per heavy atom. The molecule has 6 rings (SSSR count). The van der Waals surface area contributed by atoms with Crippen molar-refractivity contribution < 1.29 is 47.2 Å². The van der Waals surface area contributed by atoms with Crippen molar-refractivity contribution in [3.05, 3.63) is 101 Å². The Hall–Kier alpha value is -5.99. The van der Waals surface area contributed by atoms with Crippen LogP contribution in [0.15, 0.2) is 111 Å². The molecule has 2 aliphatic rings. The molecule has 0 unspecified atom stereocenters. The molecule has 20 heteroatoms. The second-order valence-corrected chi connectivity index (χ2v) is 16.2. The molecule has 17 nitrogen and oxygen atoms in total. The van der Waals surface area contributed by atoms with E-state index in [1.54, 1.807) is 53.4 Å². The summed E-state index contributed by atoms with van der Waals surface area (Å²) in [5, 5.41) is 28.4. The van der Waals surface area contributed by atoms with Crippen molar-refractivity contribution in [1.82, 2.24) is 15.2 Å². The van der Waals surface area contributed by atoms with Crippen molar-refractivity contribution in [2.75, 3.05) is 23.0 Å². The van der Waals surface area contributed by atoms with Gasteiger partial charge in [0.05, 0.1) is 21.5 Å². The minimum atomic E-state index is -3.48. The molecule has 2 aliphatic heterocycles. The molecule has 4 aromatic rings. The van der Waals surface area contributed by atoms with Crippen molar-refractivity contribution >= 4 is 78.9 Å². The van der Waals surface area contributed by atoms with Gasteiger partial charge in [-0.25, -0.2) is 22.8 Å². The summed E-state index contributed by atoms with van der Waals surface area (Å²) in [5.41, 5.74) is 15.9. The summed E-state index contributed by atoms with van der Waals surface area (Å²) in [5.74, 6) is -4.01. The van der Waals surface area contributed by atoms with Gasteiger partial charge in [0.2, 0.25) is 15.4 Å². The van der Waals surface area contributed by atoms with Crippen LogP contribution in [0.25, 0.3) is 0 Å². The maximum atomic E-state index is 13.1. The van der Waals surface area contributed by atoms with Gasteiger partial charge in [-0.1, -0.05) is 11.2 Å². The lowest BCUT2D eigenvalue weighted by molar-refractivity contribution is -0.689. The number of nitrogens with one attached hydrogen (secondary N) is 1. The molecular weight excluding hydrogens is 761 g/mol. The Labute approximate surface area is 317 Å². The second-order valence-electron chi connectivity index (χ2n) is 12.2. The molecule has 1 saturated heterocycles. The van der Waals surface area contributed by atoms with E-state index in [2.05, 4.69) is 15.5 Å². The quantitative estimate of drug-likeness (QED) is 0.0452. The molecule has 2 amide bonds. The number of carbonyl (C=O) groups is 4. The molecule has 0 aliphatic carbocycles. The maximum Gasteiger partial charge on any atom is 0.350 e. The van der Waals surface area contributed by atoms with E-state index in [0.717, 1.165) is 16.2 Å². The molecule has 4 heterocycles. The first-order valence-electron chi connectivity index (χ1n) is 15.8. The zero-order chi connectivity index (χ0) is 39.4. The van der Waals surface area contributed by atoms with Gasteiger partial charge < -0.3 is 42.4 Å². The monoisotopic (exact) mass is 794 g/mol. The second kappa shape index (κ2) is 15.9. The van der Waals surface area contributed by atoms with Gasteiger partial charge in [0.15, 0.2) is 29.8 Å². The normalized spacial score (nSPS) is 17.0. The first-order chi connectivity index (χ1) is 25.5. The number of hydrogen-bond donors (Lipinski definition) is 5. The molecule has 54 heavy (non-hydrogen) atoms. The van der Waals surface area contributed by atoms with Gasteiger partial charge in [-0.15, -0.1) is 23.1 Å². The van der Waals surface area contributed by atoms with Crippen LogP contribution in [-0.2, 0) is 40.4 Å². The molecule has 2 aromatic carbocycles. The number of hydrogen-bond acceptors (Lipinski definition) is 15. The molecule has 2 aromatic heterocycles. The summed E-state index contributed by atoms with van der Waals surface area (Å²) in [4.78, 5) is 60.1. The molecule has 2 atom stereocenters. The SMILES string of the molecule is CC(C)(O/N=C(\C(=O)N[C@@H]1C(=O)N2C(C(=O)[O-])=C(C[n+]3ccccc3)CS[C@H]12)c1csc(N)n1)C(=O)O.Nc1ccc(S(=O)(=O)c2ccc(N)cc2)cc1. The number of rotatable bonds is 11. The van der Waals surface area contributed by atoms with Crippen molar-refractivity contribution in [1.29, 1.82) is 0 Å². The lowest BCUT2D eigenvalue weighted by Crippen LogP contribution is -2.71. The Balaban J connectivity index is 0.000000274. The average Bonchev–Trinajstić information content (AvgIpc) is 3.56. The van der Waals surface area contributed by atoms with Gasteiger partial charge in [0.1, 0.15) is 17.1 Å². The molecule has 0 spiro atoms. The van der Waals surface area contributed by atoms with Gasteiger partial charge in [0, 0.05) is 40.2 Å². The van der Waals surface area contributed by atoms with E-state index < -0.39 is 50.6 Å². The van der Waals surface area contributed by atoms with Crippen LogP contribution in [0.5, 0.6) is 0 Å². The van der Waals surface area contributed by atoms with Crippen LogP contribution in [0.3, 0.4) is 0 Å². The fourth-order valence-corrected chi connectivity index (χ4v) is 8.14. The molecule has 0 saturated carbocycles. The number of carboxylic acids is 2. The van der Waals surface area contributed by atoms with E-state index >= 15 is 0 Å². The first kappa shape index (κ1) is 39.2. The molecule has 282 valence electrons. The summed E-state index contributed by atoms with van der Waals surface area (Å²) >= 11 is 2.32. The summed E-state index contributed by atoms with van der Waals surface area (Å²) in [6, 6.07) is 16.6. The number of aliphatic carboxylic acids is 2. The lowest BCUT2D eigenvalue weighted by atomic mass is 10.0. The van der Waals surface area contributed by atoms with Gasteiger partial charge in [0.25, 0.3) is 11.8 Å². The van der Waals surface area contributed by atoms with Crippen LogP contribution in [-0.4, -0.2) is 75.6 Å². The van der Waals surface area contributed by atoms with Gasteiger partial charge in [-0.3, -0.25) is 14.5 Å². The highest BCUT2D eigenvalue weighted by Gasteiger charge is 2.53. The highest BCUT2D eigenvalue weighted by atomic mass is 32.2. The van der Waals surface area contributed by atoms with E-state index in [1.807, 2.05) is 6.07 Å². The van der Waals surface area contributed by atoms with Crippen molar-refractivity contribution in [2.24, 2.45) is 5.16 Å². The fourth-order valence-electron chi connectivity index (χ4n) is 4.99. The number of pyridine rings is 1. The Morgan fingerprint density at radius 1 is 1.04 bits per heavy atom. The number of carboxylic acid groups (broad SMARTS) is 2. The predicted octanol–water partition coefficient (Wildman–Crippen LogP) is 0.385. The lowest BCUT2D eigenvalue weighted by Gasteiger charge is -2.50. The molecule has 0 radical (unpaired) electrons. The summed E-state index contributed by atoms with van der Waals surface area (Å²) < 4.78 is 26.1. The number of aromatic nitrogens is 2. The standard InChI is InChI=1S/C22H22N6O7S2.C12H12N2O2S/c1-22(2,20(33)34)35-26-13(12-10-37-21(23)24-12)16(29)25-14-17(30)28-15(19(31)32)11(9-36-18(14)28)8-27-6-4-3-5-7-27;13-9-1-5-11(6-2-9)17(15,16)12-7-3-10(14)4-8-12/h3-7,10,14,18H,8-9H2,1-2H3,(H4-,23,24,25,29,31,32,33,34);1-8H,13-14H2/b26-13-;/t14-,18-;/m1./s1. The van der Waals surface area contributed by atoms with Crippen LogP contribution in [0.4, 0.5) is 16.5 Å². The van der Waals surface area contributed by atoms with Crippen molar-refractivity contribution in [2.45, 2.75) is 47.2 Å². The molecule has 0 bridgehead atoms. The number of oxime groups is 1. The average molecular weight is 795 g/mol. The van der Waals surface area contributed by atoms with Crippen LogP contribution in [0.2, 0.25) is 0 Å². The number of thiazole rings is 1. The van der Waals surface area contributed by atoms with Gasteiger partial charge in [-0.2, -0.15) is 0 Å². The fraction of sp³-hybridized carbons (Fsp3) is 0.206. The minimum absolute atomic E-state index is 0.0265. The van der Waals surface area contributed by atoms with Crippen LogP contribution in [0, 0.1) is 0 Å². The number of anilines is 3. The van der Waals surface area contributed by atoms with E-state index in [1.165, 1.54) is 55.3 Å². The zero-order valence-corrected chi connectivity index (χ0v) is 31.1. The largest absolute Gasteiger partial charge is 0.543 e. The molecule has 8 N–H and O–H groups in total. The van der Waals surface area contributed by atoms with E-state index in [0.29, 0.717) is 22.7 Å². The number of amides is 2. The number of benzene rings is 2. The zero-order valence-electron chi connectivity index (χ0n) is 28.6. The summed E-state index contributed by atoms with van der Waals surface area (Å²) in [6.07, 6.45) is 3.55. The number of nitrogens with two attached hydrogens (primary N) is 3. The van der Waals surface area contributed by atoms with Crippen LogP contribution >= 0.6 is 23.1 Å². The third-order valence-corrected chi connectivity index (χ3v) is 11.7. The highest BCUT2D eigenvalue weighted by molar-refractivity contribution is 8.00. The third-order valence-electron chi connectivity index (χ3n) is 7.92. The van der Waals surface area contributed by atoms with Crippen molar-refractivity contribution in [3.8, 4) is 0 Å². The maximum absolute atomic E-state index is 13.1. The van der Waals surface area contributed by atoms with Crippen LogP contribution in [0.1, 0.15) is 19.5 Å². The number of fused-ring (bicyclic) bond motifs is 1. The summed E-state index contributed by atoms with van der Waals surface area (Å²) in [6.45, 7) is 2.74. The van der Waals surface area contributed by atoms with E-state index in [4.69, 9.17) is 22.0 Å². The molecular formula is C34H34N8O9S3. The number of β-lactam (4-membered cyclic amide) rings is 1. The number of sulfone groups is 1. The van der Waals surface area contributed by atoms with Crippen molar-refractivity contribution in [3.63, 3.8) is 0 Å². The highest BCUT2D eigenvalue weighted by Crippen LogP contribution is 2.40. The number of thioether (sulfide) groups is 1. The Kier molecular flexibility index (Phi) is 11.6. The minimum Gasteiger partial charge on any atom is -0.543 e. The van der Waals surface area contributed by atoms with E-state index in [-0.39, 0.29) is 38.6 Å². The summed E-state index contributed by atoms with van der Waals surface area (Å²) in [7, 11) is -3.48. The smallest absolute Gasteiger partial charge is 0.350 e. The van der Waals surface area contributed by atoms with Gasteiger partial charge >= 0.3 is 5.97 Å². The van der Waals surface area contributed by atoms with Crippen LogP contribution < -0.4 is 32.2 Å². The topological polar surface area (TPSA) is 277 Å². The Bertz CT molecular complexity index is 2190. The Morgan fingerprint density at radius 3 is 2.11 bits per heavy atom. The number of carbonyl (C=O) groups excluding carboxylic acids is 3. The van der Waals surface area contributed by atoms with E-state index in [9.17, 15) is 37.8 Å². The molecule has 1 fully saturated rings. The number of nitrogens with zero attached hydrogens (tertiary/aromatic N) is 4. The third kappa shape index (κ3) is 8.62. The van der Waals surface area contributed by atoms with Gasteiger partial charge in [-0.05, 0) is 62.4 Å². The number of nitrogen functional groups attached to an aromatic ring is 3. The first-order valence-corrected chi connectivity index (χ1v) is 19.2. The predicted molar refractivity (Wildman–Crippen MR) is 197 cm³/mol.